The van der Waals surface area contributed by atoms with Crippen LogP contribution >= 0.6 is 0 Å². The van der Waals surface area contributed by atoms with Gasteiger partial charge in [-0.3, -0.25) is 4.70 Å². The van der Waals surface area contributed by atoms with Gasteiger partial charge in [0, 0.05) is 0 Å². The molecule has 3 heteroatoms. The Morgan fingerprint density at radius 1 is 1.20 bits per heavy atom. The molecule has 0 fully saturated rings. The molecule has 10 heavy (non-hydrogen) atoms. The van der Waals surface area contributed by atoms with E-state index in [4.69, 9.17) is 0 Å². The summed E-state index contributed by atoms with van der Waals surface area (Å²) in [5.74, 6) is 0. The van der Waals surface area contributed by atoms with Crippen molar-refractivity contribution in [2.45, 2.75) is 0 Å². The van der Waals surface area contributed by atoms with E-state index in [-0.39, 0.29) is 4.70 Å². The number of nitrogens with zero attached hydrogens (tertiary/aromatic N) is 1. The summed E-state index contributed by atoms with van der Waals surface area (Å²) in [5, 5.41) is 0. The number of para-hydroxylation sites is 2. The second-order valence-corrected chi connectivity index (χ2v) is 1.92. The Kier molecular flexibility index (Phi) is 1.67. The van der Waals surface area contributed by atoms with Crippen molar-refractivity contribution in [3.05, 3.63) is 30.6 Å². The topological polar surface area (TPSA) is 28.7 Å². The Hall–Kier alpha value is -1.38. The Bertz CT molecular complexity index is 286. The van der Waals surface area contributed by atoms with Gasteiger partial charge in [0.15, 0.2) is 0 Å². The summed E-state index contributed by atoms with van der Waals surface area (Å²) in [6.45, 7) is 0. The van der Waals surface area contributed by atoms with Gasteiger partial charge in [-0.2, -0.15) is 0 Å². The lowest BCUT2D eigenvalue weighted by Gasteiger charge is -1.81. The third kappa shape index (κ3) is 0.857. The number of halogens is 1. The molecule has 0 saturated heterocycles. The van der Waals surface area contributed by atoms with Crippen LogP contribution in [0.15, 0.2) is 30.6 Å². The first-order valence-electron chi connectivity index (χ1n) is 2.85. The maximum atomic E-state index is 4.06. The van der Waals surface area contributed by atoms with Gasteiger partial charge >= 0.3 is 0 Å². The highest BCUT2D eigenvalue weighted by atomic mass is 19.0. The Balaban J connectivity index is 0.000000500. The molecule has 0 atom stereocenters. The minimum atomic E-state index is 0. The molecule has 2 rings (SSSR count). The molecule has 2 aromatic rings. The van der Waals surface area contributed by atoms with E-state index in [2.05, 4.69) is 9.97 Å². The fourth-order valence-electron chi connectivity index (χ4n) is 0.880. The minimum Gasteiger partial charge on any atom is -0.345 e. The van der Waals surface area contributed by atoms with Gasteiger partial charge in [-0.05, 0) is 12.1 Å². The van der Waals surface area contributed by atoms with Crippen LogP contribution < -0.4 is 0 Å². The van der Waals surface area contributed by atoms with Gasteiger partial charge in [-0.15, -0.1) is 0 Å². The molecule has 0 aliphatic heterocycles. The van der Waals surface area contributed by atoms with Crippen molar-refractivity contribution in [2.75, 3.05) is 0 Å². The van der Waals surface area contributed by atoms with Gasteiger partial charge in [0.1, 0.15) is 0 Å². The number of aromatic nitrogens is 2. The number of benzene rings is 1. The van der Waals surface area contributed by atoms with Crippen molar-refractivity contribution < 1.29 is 4.70 Å². The number of rotatable bonds is 0. The van der Waals surface area contributed by atoms with Crippen molar-refractivity contribution >= 4 is 11.0 Å². The highest BCUT2D eigenvalue weighted by Crippen LogP contribution is 2.05. The number of fused-ring (bicyclic) bond motifs is 1. The van der Waals surface area contributed by atoms with Gasteiger partial charge < -0.3 is 4.98 Å². The lowest BCUT2D eigenvalue weighted by Crippen LogP contribution is -1.63. The number of H-pyrrole nitrogens is 1. The van der Waals surface area contributed by atoms with Crippen LogP contribution in [-0.4, -0.2) is 9.97 Å². The van der Waals surface area contributed by atoms with Crippen LogP contribution in [0, 0.1) is 0 Å². The third-order valence-electron chi connectivity index (χ3n) is 1.33. The van der Waals surface area contributed by atoms with Crippen molar-refractivity contribution in [1.82, 2.24) is 9.97 Å². The highest BCUT2D eigenvalue weighted by Gasteiger charge is 1.88. The van der Waals surface area contributed by atoms with E-state index in [1.165, 1.54) is 0 Å². The standard InChI is InChI=1S/C7H6N2.FH/c1-2-4-7-6(3-1)8-5-9-7;/h1-5H,(H,8,9);1H. The monoisotopic (exact) mass is 138 g/mol. The van der Waals surface area contributed by atoms with Crippen LogP contribution in [0.4, 0.5) is 4.70 Å². The molecule has 0 radical (unpaired) electrons. The average molecular weight is 138 g/mol. The molecule has 0 amide bonds. The largest absolute Gasteiger partial charge is 0.345 e. The second-order valence-electron chi connectivity index (χ2n) is 1.92. The Labute approximate surface area is 57.3 Å². The van der Waals surface area contributed by atoms with Crippen molar-refractivity contribution in [3.63, 3.8) is 0 Å². The predicted octanol–water partition coefficient (Wildman–Crippen LogP) is 1.72. The van der Waals surface area contributed by atoms with Crippen LogP contribution in [-0.2, 0) is 0 Å². The van der Waals surface area contributed by atoms with Crippen LogP contribution in [0.2, 0.25) is 0 Å². The van der Waals surface area contributed by atoms with Crippen LogP contribution in [0.3, 0.4) is 0 Å². The third-order valence-corrected chi connectivity index (χ3v) is 1.33. The van der Waals surface area contributed by atoms with Crippen molar-refractivity contribution in [3.8, 4) is 0 Å². The SMILES string of the molecule is F.c1ccc2[nH]cnc2c1. The molecule has 0 spiro atoms. The van der Waals surface area contributed by atoms with Crippen LogP contribution in [0.1, 0.15) is 0 Å². The fourth-order valence-corrected chi connectivity index (χ4v) is 0.880. The van der Waals surface area contributed by atoms with Gasteiger partial charge in [-0.25, -0.2) is 4.98 Å². The molecule has 0 aliphatic rings. The highest BCUT2D eigenvalue weighted by molar-refractivity contribution is 5.73. The molecule has 0 saturated carbocycles. The Morgan fingerprint density at radius 3 is 2.80 bits per heavy atom. The molecular formula is C7H7FN2. The molecular weight excluding hydrogens is 131 g/mol. The summed E-state index contributed by atoms with van der Waals surface area (Å²) in [4.78, 5) is 7.07. The molecule has 2 nitrogen and oxygen atoms in total. The van der Waals surface area contributed by atoms with E-state index < -0.39 is 0 Å². The normalized spacial score (nSPS) is 9.20. The minimum absolute atomic E-state index is 0. The summed E-state index contributed by atoms with van der Waals surface area (Å²) in [7, 11) is 0. The fraction of sp³-hybridized carbons (Fsp3) is 0. The summed E-state index contributed by atoms with van der Waals surface area (Å²) in [6, 6.07) is 7.94. The molecule has 0 unspecified atom stereocenters. The Morgan fingerprint density at radius 2 is 2.00 bits per heavy atom. The molecule has 0 aliphatic carbocycles. The van der Waals surface area contributed by atoms with Crippen molar-refractivity contribution in [1.29, 1.82) is 0 Å². The van der Waals surface area contributed by atoms with E-state index in [1.54, 1.807) is 6.33 Å². The number of aromatic amines is 1. The van der Waals surface area contributed by atoms with Gasteiger partial charge in [0.2, 0.25) is 0 Å². The van der Waals surface area contributed by atoms with Crippen LogP contribution in [0.25, 0.3) is 11.0 Å². The average Bonchev–Trinajstić information content (AvgIpc) is 2.33. The quantitative estimate of drug-likeness (QED) is 0.589. The summed E-state index contributed by atoms with van der Waals surface area (Å²) in [5.41, 5.74) is 2.12. The van der Waals surface area contributed by atoms with Gasteiger partial charge in [-0.1, -0.05) is 12.1 Å². The number of nitrogens with one attached hydrogen (secondary N) is 1. The lowest BCUT2D eigenvalue weighted by atomic mass is 10.3. The zero-order chi connectivity index (χ0) is 6.10. The molecule has 1 aromatic heterocycles. The summed E-state index contributed by atoms with van der Waals surface area (Å²) >= 11 is 0. The summed E-state index contributed by atoms with van der Waals surface area (Å²) in [6.07, 6.45) is 1.70. The van der Waals surface area contributed by atoms with E-state index in [9.17, 15) is 0 Å². The van der Waals surface area contributed by atoms with E-state index in [0.717, 1.165) is 11.0 Å². The van der Waals surface area contributed by atoms with Gasteiger partial charge in [0.05, 0.1) is 17.4 Å². The maximum Gasteiger partial charge on any atom is 0.0931 e. The zero-order valence-electron chi connectivity index (χ0n) is 5.24. The summed E-state index contributed by atoms with van der Waals surface area (Å²) < 4.78 is 0. The van der Waals surface area contributed by atoms with Crippen molar-refractivity contribution in [2.24, 2.45) is 0 Å². The number of hydrogen-bond donors (Lipinski definition) is 1. The van der Waals surface area contributed by atoms with E-state index >= 15 is 0 Å². The smallest absolute Gasteiger partial charge is 0.0931 e. The lowest BCUT2D eigenvalue weighted by molar-refractivity contribution is 1.11. The molecule has 0 bridgehead atoms. The number of imidazole rings is 1. The maximum absolute atomic E-state index is 4.06. The predicted molar refractivity (Wildman–Crippen MR) is 38.6 cm³/mol. The first-order chi connectivity index (χ1) is 4.47. The second kappa shape index (κ2) is 2.47. The van der Waals surface area contributed by atoms with Crippen LogP contribution in [0.5, 0.6) is 0 Å². The number of hydrogen-bond acceptors (Lipinski definition) is 1. The molecule has 1 heterocycles. The van der Waals surface area contributed by atoms with E-state index in [1.807, 2.05) is 24.3 Å². The molecule has 1 N–H and O–H groups in total. The first kappa shape index (κ1) is 6.74. The zero-order valence-corrected chi connectivity index (χ0v) is 5.24. The van der Waals surface area contributed by atoms with Gasteiger partial charge in [0.25, 0.3) is 0 Å². The van der Waals surface area contributed by atoms with E-state index in [0.29, 0.717) is 0 Å². The molecule has 52 valence electrons. The first-order valence-corrected chi connectivity index (χ1v) is 2.85. The molecule has 1 aromatic carbocycles.